The molecule has 1 aromatic carbocycles. The molecule has 0 saturated carbocycles. The zero-order chi connectivity index (χ0) is 16.9. The quantitative estimate of drug-likeness (QED) is 0.473. The molecule has 4 rings (SSSR count). The first-order chi connectivity index (χ1) is 11.4. The summed E-state index contributed by atoms with van der Waals surface area (Å²) in [5.41, 5.74) is 1.94. The van der Waals surface area contributed by atoms with Gasteiger partial charge in [0, 0.05) is 11.1 Å². The first kappa shape index (κ1) is 15.7. The van der Waals surface area contributed by atoms with E-state index in [2.05, 4.69) is 10.4 Å². The zero-order valence-electron chi connectivity index (χ0n) is 13.1. The lowest BCUT2D eigenvalue weighted by molar-refractivity contribution is 0.260. The minimum absolute atomic E-state index is 0.109. The number of hydrazone groups is 1. The van der Waals surface area contributed by atoms with Gasteiger partial charge in [-0.1, -0.05) is 22.4 Å². The van der Waals surface area contributed by atoms with Crippen LogP contribution in [0.3, 0.4) is 0 Å². The number of nitrogens with one attached hydrogen (secondary N) is 1. The second-order valence-electron chi connectivity index (χ2n) is 6.26. The SMILES string of the molecule is C[C@@H]1Oc2ccccc2C=C1/C=N\N1C(=S)N[C@@H]2C[S+](=O)(O)C[C@H]21. The van der Waals surface area contributed by atoms with Gasteiger partial charge in [0.1, 0.15) is 23.9 Å². The lowest BCUT2D eigenvalue weighted by Crippen LogP contribution is -2.33. The molecule has 3 heterocycles. The highest BCUT2D eigenvalue weighted by atomic mass is 32.3. The van der Waals surface area contributed by atoms with Crippen molar-refractivity contribution in [3.8, 4) is 5.75 Å². The second-order valence-corrected chi connectivity index (χ2v) is 8.86. The number of benzene rings is 1. The Labute approximate surface area is 146 Å². The summed E-state index contributed by atoms with van der Waals surface area (Å²) in [6.07, 6.45) is 3.66. The van der Waals surface area contributed by atoms with E-state index in [1.807, 2.05) is 37.3 Å². The van der Waals surface area contributed by atoms with Crippen LogP contribution in [0.2, 0.25) is 0 Å². The van der Waals surface area contributed by atoms with Gasteiger partial charge >= 0.3 is 0 Å². The number of hydrogen-bond acceptors (Lipinski definition) is 4. The fourth-order valence-electron chi connectivity index (χ4n) is 3.27. The number of hydrogen-bond donors (Lipinski definition) is 2. The Hall–Kier alpha value is -1.77. The summed E-state index contributed by atoms with van der Waals surface area (Å²) in [5, 5.41) is 9.72. The molecule has 3 aliphatic heterocycles. The van der Waals surface area contributed by atoms with Gasteiger partial charge in [-0.15, -0.1) is 0 Å². The predicted molar refractivity (Wildman–Crippen MR) is 98.6 cm³/mol. The molecule has 1 aromatic rings. The molecule has 6 nitrogen and oxygen atoms in total. The fraction of sp³-hybridized carbons (Fsp3) is 0.375. The number of nitrogens with zero attached hydrogens (tertiary/aromatic N) is 2. The molecule has 2 N–H and O–H groups in total. The van der Waals surface area contributed by atoms with Crippen LogP contribution < -0.4 is 10.1 Å². The molecule has 24 heavy (non-hydrogen) atoms. The zero-order valence-corrected chi connectivity index (χ0v) is 14.7. The van der Waals surface area contributed by atoms with Crippen LogP contribution >= 0.6 is 12.2 Å². The van der Waals surface area contributed by atoms with Gasteiger partial charge in [-0.25, -0.2) is 5.01 Å². The third-order valence-corrected chi connectivity index (χ3v) is 6.56. The number of ether oxygens (including phenoxy) is 1. The number of para-hydroxylation sites is 1. The van der Waals surface area contributed by atoms with Crippen molar-refractivity contribution in [3.63, 3.8) is 0 Å². The molecule has 2 saturated heterocycles. The third-order valence-electron chi connectivity index (χ3n) is 4.51. The van der Waals surface area contributed by atoms with Crippen LogP contribution in [0, 0.1) is 0 Å². The minimum atomic E-state index is -2.78. The fourth-order valence-corrected chi connectivity index (χ4v) is 5.51. The van der Waals surface area contributed by atoms with Gasteiger partial charge in [0.2, 0.25) is 10.2 Å². The van der Waals surface area contributed by atoms with Gasteiger partial charge in [0.25, 0.3) is 0 Å². The highest BCUT2D eigenvalue weighted by Crippen LogP contribution is 2.30. The van der Waals surface area contributed by atoms with E-state index in [4.69, 9.17) is 17.0 Å². The van der Waals surface area contributed by atoms with E-state index in [9.17, 15) is 8.76 Å². The summed E-state index contributed by atoms with van der Waals surface area (Å²) in [6.45, 7) is 1.97. The van der Waals surface area contributed by atoms with Crippen molar-refractivity contribution in [3.05, 3.63) is 35.4 Å². The van der Waals surface area contributed by atoms with Crippen molar-refractivity contribution >= 4 is 39.8 Å². The molecule has 0 bridgehead atoms. The van der Waals surface area contributed by atoms with Crippen LogP contribution in [0.5, 0.6) is 5.75 Å². The van der Waals surface area contributed by atoms with Crippen LogP contribution in [0.1, 0.15) is 12.5 Å². The van der Waals surface area contributed by atoms with E-state index < -0.39 is 10.2 Å². The van der Waals surface area contributed by atoms with Gasteiger partial charge in [-0.05, 0) is 31.3 Å². The Kier molecular flexibility index (Phi) is 3.70. The summed E-state index contributed by atoms with van der Waals surface area (Å²) in [4.78, 5) is 0. The smallest absolute Gasteiger partial charge is 0.218 e. The van der Waals surface area contributed by atoms with Gasteiger partial charge < -0.3 is 10.1 Å². The Morgan fingerprint density at radius 3 is 3.08 bits per heavy atom. The Bertz CT molecular complexity index is 808. The van der Waals surface area contributed by atoms with Crippen molar-refractivity contribution in [1.29, 1.82) is 0 Å². The van der Waals surface area contributed by atoms with Crippen LogP contribution in [0.15, 0.2) is 34.9 Å². The minimum Gasteiger partial charge on any atom is -0.485 e. The van der Waals surface area contributed by atoms with Crippen molar-refractivity contribution in [2.45, 2.75) is 25.1 Å². The monoisotopic (exact) mass is 364 g/mol. The topological polar surface area (TPSA) is 74.2 Å². The highest BCUT2D eigenvalue weighted by molar-refractivity contribution is 7.98. The summed E-state index contributed by atoms with van der Waals surface area (Å²) in [6, 6.07) is 7.56. The van der Waals surface area contributed by atoms with Gasteiger partial charge in [-0.3, -0.25) is 0 Å². The summed E-state index contributed by atoms with van der Waals surface area (Å²) >= 11 is 5.31. The normalized spacial score (nSPS) is 34.6. The predicted octanol–water partition coefficient (Wildman–Crippen LogP) is 1.75. The molecule has 0 radical (unpaired) electrons. The number of rotatable bonds is 2. The van der Waals surface area contributed by atoms with E-state index in [0.29, 0.717) is 5.11 Å². The number of fused-ring (bicyclic) bond motifs is 2. The summed E-state index contributed by atoms with van der Waals surface area (Å²) in [7, 11) is -2.78. The molecular formula is C16H18N3O3S2+. The summed E-state index contributed by atoms with van der Waals surface area (Å²) in [5.74, 6) is 1.27. The average molecular weight is 364 g/mol. The van der Waals surface area contributed by atoms with Crippen molar-refractivity contribution < 1.29 is 13.5 Å². The third kappa shape index (κ3) is 2.74. The van der Waals surface area contributed by atoms with Gasteiger partial charge in [-0.2, -0.15) is 9.65 Å². The molecule has 1 unspecified atom stereocenters. The van der Waals surface area contributed by atoms with E-state index >= 15 is 0 Å². The molecule has 0 amide bonds. The summed E-state index contributed by atoms with van der Waals surface area (Å²) < 4.78 is 27.6. The second kappa shape index (κ2) is 5.65. The highest BCUT2D eigenvalue weighted by Gasteiger charge is 2.54. The van der Waals surface area contributed by atoms with Gasteiger partial charge in [0.05, 0.1) is 6.21 Å². The molecule has 8 heteroatoms. The molecule has 0 aromatic heterocycles. The lowest BCUT2D eigenvalue weighted by atomic mass is 10.0. The maximum Gasteiger partial charge on any atom is 0.218 e. The van der Waals surface area contributed by atoms with E-state index in [1.165, 1.54) is 0 Å². The molecule has 0 aliphatic carbocycles. The van der Waals surface area contributed by atoms with E-state index in [1.54, 1.807) is 11.2 Å². The molecule has 0 spiro atoms. The van der Waals surface area contributed by atoms with Crippen molar-refractivity contribution in [2.24, 2.45) is 5.10 Å². The van der Waals surface area contributed by atoms with Crippen molar-refractivity contribution in [2.75, 3.05) is 11.5 Å². The maximum atomic E-state index is 11.9. The average Bonchev–Trinajstić information content (AvgIpc) is 2.96. The Morgan fingerprint density at radius 1 is 1.46 bits per heavy atom. The standard InChI is InChI=1S/C16H17N3O3S2/c1-10-12(6-11-4-2-3-5-15(11)22-10)7-17-19-14-9-24(20,21)8-13(14)18-16(19)23/h2-7,10,13-14H,8-9H2,1H3,(H-,18,20,21,23)/p+1/b17-7-/t10-,13+,14+/m0/s1. The van der Waals surface area contributed by atoms with Crippen LogP contribution in [0.4, 0.5) is 0 Å². The maximum absolute atomic E-state index is 11.9. The van der Waals surface area contributed by atoms with Crippen LogP contribution in [-0.4, -0.2) is 50.6 Å². The first-order valence-corrected chi connectivity index (χ1v) is 10.0. The Morgan fingerprint density at radius 2 is 2.25 bits per heavy atom. The molecular weight excluding hydrogens is 346 g/mol. The first-order valence-electron chi connectivity index (χ1n) is 7.76. The lowest BCUT2D eigenvalue weighted by Gasteiger charge is -2.23. The van der Waals surface area contributed by atoms with Crippen LogP contribution in [-0.2, 0) is 14.4 Å². The molecule has 2 fully saturated rings. The Balaban J connectivity index is 1.58. The van der Waals surface area contributed by atoms with Gasteiger partial charge in [0.15, 0.2) is 16.6 Å². The largest absolute Gasteiger partial charge is 0.485 e. The molecule has 126 valence electrons. The van der Waals surface area contributed by atoms with Crippen molar-refractivity contribution in [1.82, 2.24) is 10.3 Å². The molecule has 3 aliphatic rings. The molecule has 4 atom stereocenters. The van der Waals surface area contributed by atoms with Crippen LogP contribution in [0.25, 0.3) is 6.08 Å². The number of thiocarbonyl (C=S) groups is 1. The van der Waals surface area contributed by atoms with E-state index in [-0.39, 0.29) is 29.7 Å². The van der Waals surface area contributed by atoms with E-state index in [0.717, 1.165) is 16.9 Å².